The number of Topliss-reactive ketones (excluding diaryl/α,β-unsaturated/α-hetero) is 1. The maximum atomic E-state index is 12.3. The lowest BCUT2D eigenvalue weighted by Crippen LogP contribution is -2.47. The molecule has 2 heterocycles. The summed E-state index contributed by atoms with van der Waals surface area (Å²) in [5.41, 5.74) is 0. The van der Waals surface area contributed by atoms with Crippen molar-refractivity contribution < 1.29 is 4.79 Å². The van der Waals surface area contributed by atoms with Gasteiger partial charge in [-0.1, -0.05) is 12.8 Å². The molecule has 2 unspecified atom stereocenters. The minimum absolute atomic E-state index is 0.326. The van der Waals surface area contributed by atoms with Crippen LogP contribution in [0.3, 0.4) is 0 Å². The third-order valence-electron chi connectivity index (χ3n) is 5.15. The molecule has 21 heavy (non-hydrogen) atoms. The summed E-state index contributed by atoms with van der Waals surface area (Å²) < 4.78 is 2.14. The van der Waals surface area contributed by atoms with E-state index in [4.69, 9.17) is 0 Å². The molecule has 2 atom stereocenters. The quantitative estimate of drug-likeness (QED) is 0.836. The van der Waals surface area contributed by atoms with Crippen LogP contribution in [0.15, 0.2) is 18.7 Å². The Bertz CT molecular complexity index is 443. The van der Waals surface area contributed by atoms with Crippen molar-refractivity contribution >= 4 is 5.78 Å². The fourth-order valence-electron chi connectivity index (χ4n) is 4.04. The van der Waals surface area contributed by atoms with Gasteiger partial charge in [-0.25, -0.2) is 4.98 Å². The van der Waals surface area contributed by atoms with Crippen LogP contribution in [-0.2, 0) is 11.3 Å². The van der Waals surface area contributed by atoms with Crippen LogP contribution >= 0.6 is 0 Å². The Kier molecular flexibility index (Phi) is 5.07. The van der Waals surface area contributed by atoms with Gasteiger partial charge in [0.25, 0.3) is 0 Å². The van der Waals surface area contributed by atoms with Gasteiger partial charge in [-0.3, -0.25) is 9.69 Å². The molecule has 0 bridgehead atoms. The van der Waals surface area contributed by atoms with Gasteiger partial charge in [0.1, 0.15) is 5.78 Å². The van der Waals surface area contributed by atoms with Crippen LogP contribution in [0.4, 0.5) is 0 Å². The monoisotopic (exact) mass is 289 g/mol. The maximum absolute atomic E-state index is 12.3. The van der Waals surface area contributed by atoms with E-state index in [1.807, 2.05) is 18.7 Å². The van der Waals surface area contributed by atoms with E-state index in [9.17, 15) is 4.79 Å². The van der Waals surface area contributed by atoms with Gasteiger partial charge in [-0.15, -0.1) is 0 Å². The summed E-state index contributed by atoms with van der Waals surface area (Å²) in [6.07, 6.45) is 15.0. The number of aryl methyl sites for hydroxylation is 1. The molecule has 0 amide bonds. The van der Waals surface area contributed by atoms with E-state index < -0.39 is 0 Å². The Morgan fingerprint density at radius 2 is 2.05 bits per heavy atom. The van der Waals surface area contributed by atoms with E-state index in [0.29, 0.717) is 17.7 Å². The number of rotatable bonds is 5. The molecule has 4 heteroatoms. The van der Waals surface area contributed by atoms with Crippen LogP contribution in [0.25, 0.3) is 0 Å². The van der Waals surface area contributed by atoms with Gasteiger partial charge in [0.05, 0.1) is 6.33 Å². The molecule has 1 aliphatic carbocycles. The number of imidazole rings is 1. The predicted molar refractivity (Wildman–Crippen MR) is 83.0 cm³/mol. The standard InChI is InChI=1S/C17H27N3O/c21-17-8-2-1-6-15(17)16-7-3-4-11-20(16)12-5-10-19-13-9-18-14-19/h9,13-16H,1-8,10-12H2. The molecule has 0 radical (unpaired) electrons. The summed E-state index contributed by atoms with van der Waals surface area (Å²) in [6, 6.07) is 0.523. The van der Waals surface area contributed by atoms with E-state index in [1.165, 1.54) is 32.2 Å². The maximum Gasteiger partial charge on any atom is 0.137 e. The Morgan fingerprint density at radius 3 is 2.86 bits per heavy atom. The first-order valence-electron chi connectivity index (χ1n) is 8.57. The average Bonchev–Trinajstić information content (AvgIpc) is 3.02. The zero-order valence-electron chi connectivity index (χ0n) is 12.9. The molecule has 2 fully saturated rings. The summed E-state index contributed by atoms with van der Waals surface area (Å²) in [7, 11) is 0. The predicted octanol–water partition coefficient (Wildman–Crippen LogP) is 2.89. The first-order chi connectivity index (χ1) is 10.3. The Balaban J connectivity index is 1.54. The number of hydrogen-bond acceptors (Lipinski definition) is 3. The number of carbonyl (C=O) groups excluding carboxylic acids is 1. The molecule has 1 aliphatic heterocycles. The Hall–Kier alpha value is -1.16. The van der Waals surface area contributed by atoms with Gasteiger partial charge in [0.2, 0.25) is 0 Å². The van der Waals surface area contributed by atoms with Crippen LogP contribution in [0.2, 0.25) is 0 Å². The van der Waals surface area contributed by atoms with Gasteiger partial charge in [0, 0.05) is 43.9 Å². The smallest absolute Gasteiger partial charge is 0.137 e. The summed E-state index contributed by atoms with van der Waals surface area (Å²) >= 11 is 0. The fraction of sp³-hybridized carbons (Fsp3) is 0.765. The van der Waals surface area contributed by atoms with E-state index in [-0.39, 0.29) is 0 Å². The third kappa shape index (κ3) is 3.73. The van der Waals surface area contributed by atoms with E-state index in [0.717, 1.165) is 38.8 Å². The van der Waals surface area contributed by atoms with Crippen LogP contribution in [0.5, 0.6) is 0 Å². The lowest BCUT2D eigenvalue weighted by atomic mass is 9.79. The van der Waals surface area contributed by atoms with Crippen LogP contribution in [-0.4, -0.2) is 39.4 Å². The highest BCUT2D eigenvalue weighted by atomic mass is 16.1. The van der Waals surface area contributed by atoms with Crippen molar-refractivity contribution in [1.82, 2.24) is 14.5 Å². The lowest BCUT2D eigenvalue weighted by molar-refractivity contribution is -0.127. The molecule has 1 saturated carbocycles. The first-order valence-corrected chi connectivity index (χ1v) is 8.57. The average molecular weight is 289 g/mol. The van der Waals surface area contributed by atoms with Crippen molar-refractivity contribution in [2.24, 2.45) is 5.92 Å². The molecular formula is C17H27N3O. The second-order valence-corrected chi connectivity index (χ2v) is 6.57. The molecule has 0 spiro atoms. The van der Waals surface area contributed by atoms with E-state index in [1.54, 1.807) is 0 Å². The molecular weight excluding hydrogens is 262 g/mol. The molecule has 1 aromatic rings. The van der Waals surface area contributed by atoms with Crippen molar-refractivity contribution in [2.45, 2.75) is 64.0 Å². The zero-order valence-corrected chi connectivity index (χ0v) is 12.9. The van der Waals surface area contributed by atoms with Gasteiger partial charge in [-0.2, -0.15) is 0 Å². The number of hydrogen-bond donors (Lipinski definition) is 0. The van der Waals surface area contributed by atoms with Crippen LogP contribution < -0.4 is 0 Å². The summed E-state index contributed by atoms with van der Waals surface area (Å²) in [5, 5.41) is 0. The SMILES string of the molecule is O=C1CCCCC1C1CCCCN1CCCn1ccnc1. The van der Waals surface area contributed by atoms with Gasteiger partial charge in [-0.05, 0) is 38.6 Å². The van der Waals surface area contributed by atoms with Crippen LogP contribution in [0.1, 0.15) is 51.4 Å². The molecule has 1 aromatic heterocycles. The van der Waals surface area contributed by atoms with Crippen LogP contribution in [0, 0.1) is 5.92 Å². The van der Waals surface area contributed by atoms with Crippen molar-refractivity contribution in [3.05, 3.63) is 18.7 Å². The Labute approximate surface area is 127 Å². The third-order valence-corrected chi connectivity index (χ3v) is 5.15. The van der Waals surface area contributed by atoms with Crippen molar-refractivity contribution in [1.29, 1.82) is 0 Å². The molecule has 116 valence electrons. The number of likely N-dealkylation sites (tertiary alicyclic amines) is 1. The van der Waals surface area contributed by atoms with Crippen molar-refractivity contribution in [3.63, 3.8) is 0 Å². The zero-order chi connectivity index (χ0) is 14.5. The second-order valence-electron chi connectivity index (χ2n) is 6.57. The molecule has 0 aromatic carbocycles. The van der Waals surface area contributed by atoms with E-state index >= 15 is 0 Å². The number of piperidine rings is 1. The Morgan fingerprint density at radius 1 is 1.14 bits per heavy atom. The number of aromatic nitrogens is 2. The van der Waals surface area contributed by atoms with Gasteiger partial charge < -0.3 is 4.57 Å². The highest BCUT2D eigenvalue weighted by Crippen LogP contribution is 2.31. The minimum atomic E-state index is 0.326. The molecule has 0 N–H and O–H groups in total. The van der Waals surface area contributed by atoms with Gasteiger partial charge >= 0.3 is 0 Å². The minimum Gasteiger partial charge on any atom is -0.337 e. The topological polar surface area (TPSA) is 38.1 Å². The van der Waals surface area contributed by atoms with Crippen molar-refractivity contribution in [3.8, 4) is 0 Å². The number of nitrogens with zero attached hydrogens (tertiary/aromatic N) is 3. The van der Waals surface area contributed by atoms with Gasteiger partial charge in [0.15, 0.2) is 0 Å². The molecule has 3 rings (SSSR count). The van der Waals surface area contributed by atoms with E-state index in [2.05, 4.69) is 14.5 Å². The lowest BCUT2D eigenvalue weighted by Gasteiger charge is -2.41. The fourth-order valence-corrected chi connectivity index (χ4v) is 4.04. The summed E-state index contributed by atoms with van der Waals surface area (Å²) in [5.74, 6) is 0.861. The van der Waals surface area contributed by atoms with Crippen molar-refractivity contribution in [2.75, 3.05) is 13.1 Å². The highest BCUT2D eigenvalue weighted by molar-refractivity contribution is 5.82. The molecule has 1 saturated heterocycles. The number of carbonyl (C=O) groups is 1. The molecule has 4 nitrogen and oxygen atoms in total. The normalized spacial score (nSPS) is 27.9. The number of ketones is 1. The highest BCUT2D eigenvalue weighted by Gasteiger charge is 2.34. The summed E-state index contributed by atoms with van der Waals surface area (Å²) in [4.78, 5) is 19.0. The first kappa shape index (κ1) is 14.8. The summed E-state index contributed by atoms with van der Waals surface area (Å²) in [6.45, 7) is 3.33. The second kappa shape index (κ2) is 7.21. The molecule has 2 aliphatic rings. The largest absolute Gasteiger partial charge is 0.337 e.